The summed E-state index contributed by atoms with van der Waals surface area (Å²) in [5, 5.41) is 27.1. The number of aromatic nitrogens is 4. The molecule has 1 heterocycles. The normalized spacial score (nSPS) is 9.50. The Balaban J connectivity index is 3.39. The Morgan fingerprint density at radius 3 is 2.71 bits per heavy atom. The van der Waals surface area contributed by atoms with Crippen LogP contribution in [0.4, 0.5) is 0 Å². The first kappa shape index (κ1) is 9.77. The Morgan fingerprint density at radius 2 is 2.21 bits per heavy atom. The van der Waals surface area contributed by atoms with Crippen LogP contribution in [0, 0.1) is 10.4 Å². The standard InChI is InChI=1S/C5H4N4O5/c1-14-5(11)4-3(2-10)8(12)7-9(13)6-4/h2H,1H3. The van der Waals surface area contributed by atoms with Crippen LogP contribution in [0.25, 0.3) is 0 Å². The van der Waals surface area contributed by atoms with Crippen LogP contribution in [-0.4, -0.2) is 29.7 Å². The maximum Gasteiger partial charge on any atom is 0.370 e. The lowest BCUT2D eigenvalue weighted by Crippen LogP contribution is -2.54. The second-order valence-electron chi connectivity index (χ2n) is 2.06. The van der Waals surface area contributed by atoms with Crippen molar-refractivity contribution in [2.45, 2.75) is 0 Å². The highest BCUT2D eigenvalue weighted by molar-refractivity contribution is 5.93. The maximum absolute atomic E-state index is 10.9. The summed E-state index contributed by atoms with van der Waals surface area (Å²) >= 11 is 0. The highest BCUT2D eigenvalue weighted by Crippen LogP contribution is 1.95. The number of aldehydes is 1. The van der Waals surface area contributed by atoms with Crippen LogP contribution < -0.4 is 9.80 Å². The number of carbonyl (C=O) groups is 2. The molecule has 0 fully saturated rings. The third kappa shape index (κ3) is 1.55. The molecule has 0 radical (unpaired) electrons. The van der Waals surface area contributed by atoms with Gasteiger partial charge < -0.3 is 15.2 Å². The van der Waals surface area contributed by atoms with Crippen molar-refractivity contribution < 1.29 is 24.1 Å². The molecule has 0 aromatic carbocycles. The number of ether oxygens (including phenoxy) is 1. The van der Waals surface area contributed by atoms with Gasteiger partial charge in [0.15, 0.2) is 0 Å². The zero-order chi connectivity index (χ0) is 10.7. The second kappa shape index (κ2) is 3.60. The number of carbonyl (C=O) groups excluding carboxylic acids is 2. The van der Waals surface area contributed by atoms with E-state index in [1.807, 2.05) is 0 Å². The van der Waals surface area contributed by atoms with E-state index in [1.54, 1.807) is 0 Å². The molecule has 14 heavy (non-hydrogen) atoms. The Hall–Kier alpha value is -2.32. The highest BCUT2D eigenvalue weighted by atomic mass is 16.6. The van der Waals surface area contributed by atoms with E-state index >= 15 is 0 Å². The van der Waals surface area contributed by atoms with Gasteiger partial charge in [-0.2, -0.15) is 0 Å². The van der Waals surface area contributed by atoms with Crippen LogP contribution in [0.2, 0.25) is 0 Å². The summed E-state index contributed by atoms with van der Waals surface area (Å²) in [5.41, 5.74) is -1.36. The molecule has 1 aromatic heterocycles. The van der Waals surface area contributed by atoms with Gasteiger partial charge in [0.2, 0.25) is 6.29 Å². The quantitative estimate of drug-likeness (QED) is 0.221. The maximum atomic E-state index is 10.9. The van der Waals surface area contributed by atoms with Crippen molar-refractivity contribution in [3.8, 4) is 0 Å². The van der Waals surface area contributed by atoms with Gasteiger partial charge in [-0.1, -0.05) is 0 Å². The Labute approximate surface area is 76.7 Å². The second-order valence-corrected chi connectivity index (χ2v) is 2.06. The van der Waals surface area contributed by atoms with Crippen LogP contribution in [0.3, 0.4) is 0 Å². The molecule has 0 saturated heterocycles. The van der Waals surface area contributed by atoms with E-state index in [9.17, 15) is 20.0 Å². The van der Waals surface area contributed by atoms with E-state index in [1.165, 1.54) is 0 Å². The minimum Gasteiger partial charge on any atom is -0.590 e. The monoisotopic (exact) mass is 200 g/mol. The minimum atomic E-state index is -1.07. The number of hydrogen-bond acceptors (Lipinski definition) is 7. The lowest BCUT2D eigenvalue weighted by atomic mass is 10.3. The molecule has 9 nitrogen and oxygen atoms in total. The van der Waals surface area contributed by atoms with Crippen LogP contribution in [0.5, 0.6) is 0 Å². The Morgan fingerprint density at radius 1 is 1.57 bits per heavy atom. The smallest absolute Gasteiger partial charge is 0.370 e. The van der Waals surface area contributed by atoms with Gasteiger partial charge in [-0.25, -0.2) is 4.79 Å². The van der Waals surface area contributed by atoms with Crippen LogP contribution in [0.1, 0.15) is 21.0 Å². The predicted octanol–water partition coefficient (Wildman–Crippen LogP) is -2.66. The fourth-order valence-electron chi connectivity index (χ4n) is 0.708. The zero-order valence-electron chi connectivity index (χ0n) is 6.91. The molecule has 0 aliphatic heterocycles. The zero-order valence-corrected chi connectivity index (χ0v) is 6.91. The Kier molecular flexibility index (Phi) is 2.51. The van der Waals surface area contributed by atoms with E-state index in [0.717, 1.165) is 7.11 Å². The van der Waals surface area contributed by atoms with Crippen LogP contribution in [0.15, 0.2) is 0 Å². The first-order valence-electron chi connectivity index (χ1n) is 3.25. The molecule has 1 aromatic rings. The third-order valence-electron chi connectivity index (χ3n) is 1.28. The lowest BCUT2D eigenvalue weighted by molar-refractivity contribution is -0.876. The van der Waals surface area contributed by atoms with Crippen molar-refractivity contribution in [3.63, 3.8) is 0 Å². The molecule has 9 heteroatoms. The number of methoxy groups -OCH3 is 1. The van der Waals surface area contributed by atoms with E-state index in [-0.39, 0.29) is 16.1 Å². The van der Waals surface area contributed by atoms with Crippen molar-refractivity contribution in [1.29, 1.82) is 0 Å². The van der Waals surface area contributed by atoms with Crippen LogP contribution in [-0.2, 0) is 4.74 Å². The molecule has 0 amide bonds. The van der Waals surface area contributed by atoms with Gasteiger partial charge in [0.05, 0.1) is 12.2 Å². The largest absolute Gasteiger partial charge is 0.590 e. The molecular formula is C5H4N4O5. The molecule has 0 saturated carbocycles. The van der Waals surface area contributed by atoms with Gasteiger partial charge in [-0.3, -0.25) is 4.79 Å². The molecule has 0 atom stereocenters. The van der Waals surface area contributed by atoms with Gasteiger partial charge in [0.1, 0.15) is 4.96 Å². The average Bonchev–Trinajstić information content (AvgIpc) is 2.15. The van der Waals surface area contributed by atoms with E-state index in [4.69, 9.17) is 0 Å². The average molecular weight is 200 g/mol. The third-order valence-corrected chi connectivity index (χ3v) is 1.28. The van der Waals surface area contributed by atoms with Crippen LogP contribution >= 0.6 is 0 Å². The molecule has 0 spiro atoms. The number of rotatable bonds is 2. The van der Waals surface area contributed by atoms with E-state index in [0.29, 0.717) is 0 Å². The summed E-state index contributed by atoms with van der Waals surface area (Å²) in [6, 6.07) is 0. The fourth-order valence-corrected chi connectivity index (χ4v) is 0.708. The predicted molar refractivity (Wildman–Crippen MR) is 36.7 cm³/mol. The van der Waals surface area contributed by atoms with Crippen molar-refractivity contribution >= 4 is 12.3 Å². The topological polar surface area (TPSA) is 123 Å². The van der Waals surface area contributed by atoms with Gasteiger partial charge in [-0.15, -0.1) is 0 Å². The number of esters is 1. The Bertz CT molecular complexity index is 392. The molecule has 1 rings (SSSR count). The summed E-state index contributed by atoms with van der Waals surface area (Å²) in [4.78, 5) is 20.6. The number of hydrogen-bond donors (Lipinski definition) is 0. The first-order valence-corrected chi connectivity index (χ1v) is 3.25. The molecule has 0 unspecified atom stereocenters. The summed E-state index contributed by atoms with van der Waals surface area (Å²) in [6.07, 6.45) is 0.0548. The highest BCUT2D eigenvalue weighted by Gasteiger charge is 2.28. The minimum absolute atomic E-state index is 0.0548. The molecule has 0 aliphatic carbocycles. The summed E-state index contributed by atoms with van der Waals surface area (Å²) in [7, 11) is 1.02. The fraction of sp³-hybridized carbons (Fsp3) is 0.200. The molecule has 74 valence electrons. The van der Waals surface area contributed by atoms with Gasteiger partial charge in [-0.05, 0) is 0 Å². The van der Waals surface area contributed by atoms with Crippen molar-refractivity contribution in [3.05, 3.63) is 21.8 Å². The summed E-state index contributed by atoms with van der Waals surface area (Å²) in [5.74, 6) is -1.07. The molecule has 0 bridgehead atoms. The number of nitrogens with zero attached hydrogens (tertiary/aromatic N) is 4. The van der Waals surface area contributed by atoms with Crippen molar-refractivity contribution in [2.75, 3.05) is 7.11 Å². The lowest BCUT2D eigenvalue weighted by Gasteiger charge is -1.97. The van der Waals surface area contributed by atoms with Crippen molar-refractivity contribution in [1.82, 2.24) is 10.3 Å². The van der Waals surface area contributed by atoms with Crippen molar-refractivity contribution in [2.24, 2.45) is 0 Å². The SMILES string of the molecule is COC(=O)c1n[n+]([O-])n[n+]([O-])c1C=O. The summed E-state index contributed by atoms with van der Waals surface area (Å²) < 4.78 is 4.20. The molecule has 0 N–H and O–H groups in total. The molecule has 0 aliphatic rings. The first-order chi connectivity index (χ1) is 6.60. The van der Waals surface area contributed by atoms with Gasteiger partial charge >= 0.3 is 16.9 Å². The summed E-state index contributed by atoms with van der Waals surface area (Å²) in [6.45, 7) is 0. The van der Waals surface area contributed by atoms with Gasteiger partial charge in [0.25, 0.3) is 5.69 Å². The van der Waals surface area contributed by atoms with E-state index < -0.39 is 17.4 Å². The van der Waals surface area contributed by atoms with E-state index in [2.05, 4.69) is 15.0 Å². The van der Waals surface area contributed by atoms with Gasteiger partial charge in [0, 0.05) is 4.85 Å². The molecular weight excluding hydrogens is 196 g/mol.